The van der Waals surface area contributed by atoms with Crippen LogP contribution in [-0.4, -0.2) is 22.5 Å². The van der Waals surface area contributed by atoms with Crippen LogP contribution in [0.4, 0.5) is 0 Å². The number of carbonyl (C=O) groups is 1. The number of hydrogen-bond donors (Lipinski definition) is 2. The van der Waals surface area contributed by atoms with E-state index < -0.39 is 6.61 Å². The van der Waals surface area contributed by atoms with Crippen molar-refractivity contribution in [2.24, 2.45) is 0 Å². The van der Waals surface area contributed by atoms with E-state index in [0.29, 0.717) is 11.6 Å². The first-order valence-electron chi connectivity index (χ1n) is 3.98. The summed E-state index contributed by atoms with van der Waals surface area (Å²) in [5, 5.41) is 8.64. The second-order valence-corrected chi connectivity index (χ2v) is 3.04. The van der Waals surface area contributed by atoms with E-state index in [1.54, 1.807) is 6.20 Å². The average Bonchev–Trinajstić information content (AvgIpc) is 2.50. The average molecular weight is 167 g/mol. The molecule has 3 heteroatoms. The number of carbonyl (C=O) groups excluding carboxylic acids is 1. The Bertz CT molecular complexity index is 276. The van der Waals surface area contributed by atoms with Crippen molar-refractivity contribution in [3.05, 3.63) is 23.5 Å². The molecular formula is C9H13NO2. The zero-order valence-electron chi connectivity index (χ0n) is 7.29. The summed E-state index contributed by atoms with van der Waals surface area (Å²) in [6.45, 7) is 3.59. The summed E-state index contributed by atoms with van der Waals surface area (Å²) in [4.78, 5) is 13.9. The van der Waals surface area contributed by atoms with Crippen LogP contribution in [0.2, 0.25) is 0 Å². The molecule has 0 spiro atoms. The molecule has 12 heavy (non-hydrogen) atoms. The lowest BCUT2D eigenvalue weighted by atomic mass is 10.0. The molecule has 3 nitrogen and oxygen atoms in total. The fraction of sp³-hybridized carbons (Fsp3) is 0.444. The van der Waals surface area contributed by atoms with E-state index in [4.69, 9.17) is 5.11 Å². The highest BCUT2D eigenvalue weighted by atomic mass is 16.3. The lowest BCUT2D eigenvalue weighted by Crippen LogP contribution is -2.08. The molecule has 0 fully saturated rings. The highest BCUT2D eigenvalue weighted by Crippen LogP contribution is 2.18. The maximum atomic E-state index is 11.1. The summed E-state index contributed by atoms with van der Waals surface area (Å²) < 4.78 is 0. The van der Waals surface area contributed by atoms with Gasteiger partial charge in [0, 0.05) is 6.20 Å². The van der Waals surface area contributed by atoms with E-state index in [-0.39, 0.29) is 5.78 Å². The molecular weight excluding hydrogens is 154 g/mol. The van der Waals surface area contributed by atoms with E-state index in [1.807, 2.05) is 19.9 Å². The van der Waals surface area contributed by atoms with E-state index >= 15 is 0 Å². The van der Waals surface area contributed by atoms with Crippen LogP contribution in [0.25, 0.3) is 0 Å². The van der Waals surface area contributed by atoms with E-state index in [9.17, 15) is 4.79 Å². The van der Waals surface area contributed by atoms with Crippen molar-refractivity contribution < 1.29 is 9.90 Å². The smallest absolute Gasteiger partial charge is 0.204 e. The van der Waals surface area contributed by atoms with Gasteiger partial charge in [0.1, 0.15) is 6.61 Å². The highest BCUT2D eigenvalue weighted by molar-refractivity contribution is 5.96. The normalized spacial score (nSPS) is 10.7. The largest absolute Gasteiger partial charge is 0.388 e. The third kappa shape index (κ3) is 1.56. The molecule has 0 amide bonds. The maximum Gasteiger partial charge on any atom is 0.204 e. The minimum absolute atomic E-state index is 0.247. The van der Waals surface area contributed by atoms with Crippen molar-refractivity contribution in [3.8, 4) is 0 Å². The standard InChI is InChI=1S/C9H13NO2/c1-6(2)7-3-4-10-9(7)8(12)5-11/h3-4,6,10-11H,5H2,1-2H3. The SMILES string of the molecule is CC(C)c1cc[nH]c1C(=O)CO. The fourth-order valence-corrected chi connectivity index (χ4v) is 1.18. The van der Waals surface area contributed by atoms with E-state index in [1.165, 1.54) is 0 Å². The van der Waals surface area contributed by atoms with Crippen LogP contribution in [0.1, 0.15) is 35.8 Å². The maximum absolute atomic E-state index is 11.1. The molecule has 0 bridgehead atoms. The summed E-state index contributed by atoms with van der Waals surface area (Å²) in [5.41, 5.74) is 1.50. The molecule has 0 aromatic carbocycles. The molecule has 0 saturated heterocycles. The molecule has 1 heterocycles. The van der Waals surface area contributed by atoms with Crippen LogP contribution in [0, 0.1) is 0 Å². The Morgan fingerprint density at radius 1 is 1.67 bits per heavy atom. The predicted octanol–water partition coefficient (Wildman–Crippen LogP) is 1.31. The Hall–Kier alpha value is -1.09. The number of ketones is 1. The third-order valence-corrected chi connectivity index (χ3v) is 1.82. The summed E-state index contributed by atoms with van der Waals surface area (Å²) >= 11 is 0. The summed E-state index contributed by atoms with van der Waals surface area (Å²) in [5.74, 6) is 0.0606. The topological polar surface area (TPSA) is 53.1 Å². The van der Waals surface area contributed by atoms with Crippen LogP contribution in [0.5, 0.6) is 0 Å². The van der Waals surface area contributed by atoms with Gasteiger partial charge in [-0.3, -0.25) is 4.79 Å². The van der Waals surface area contributed by atoms with Crippen molar-refractivity contribution in [2.75, 3.05) is 6.61 Å². The van der Waals surface area contributed by atoms with Crippen LogP contribution in [0.15, 0.2) is 12.3 Å². The van der Waals surface area contributed by atoms with Crippen LogP contribution in [-0.2, 0) is 0 Å². The number of aromatic amines is 1. The summed E-state index contributed by atoms with van der Waals surface area (Å²) in [7, 11) is 0. The van der Waals surface area contributed by atoms with Crippen molar-refractivity contribution >= 4 is 5.78 Å². The van der Waals surface area contributed by atoms with Crippen LogP contribution in [0.3, 0.4) is 0 Å². The van der Waals surface area contributed by atoms with Crippen molar-refractivity contribution in [2.45, 2.75) is 19.8 Å². The number of hydrogen-bond acceptors (Lipinski definition) is 2. The summed E-state index contributed by atoms with van der Waals surface area (Å²) in [6.07, 6.45) is 1.72. The van der Waals surface area contributed by atoms with Gasteiger partial charge >= 0.3 is 0 Å². The molecule has 1 aromatic heterocycles. The minimum atomic E-state index is -0.430. The second kappa shape index (κ2) is 3.54. The lowest BCUT2D eigenvalue weighted by molar-refractivity contribution is 0.0898. The molecule has 1 aromatic rings. The van der Waals surface area contributed by atoms with Gasteiger partial charge in [0.25, 0.3) is 0 Å². The number of rotatable bonds is 3. The molecule has 0 aliphatic rings. The van der Waals surface area contributed by atoms with Crippen LogP contribution < -0.4 is 0 Å². The third-order valence-electron chi connectivity index (χ3n) is 1.82. The molecule has 0 aliphatic heterocycles. The number of aromatic nitrogens is 1. The number of aliphatic hydroxyl groups is 1. The molecule has 0 atom stereocenters. The second-order valence-electron chi connectivity index (χ2n) is 3.04. The molecule has 0 unspecified atom stereocenters. The Kier molecular flexibility index (Phi) is 2.65. The fourth-order valence-electron chi connectivity index (χ4n) is 1.18. The first-order valence-corrected chi connectivity index (χ1v) is 3.98. The molecule has 0 saturated carbocycles. The van der Waals surface area contributed by atoms with Gasteiger partial charge in [-0.15, -0.1) is 0 Å². The molecule has 0 radical (unpaired) electrons. The first kappa shape index (κ1) is 9.00. The van der Waals surface area contributed by atoms with Gasteiger partial charge < -0.3 is 10.1 Å². The predicted molar refractivity (Wildman–Crippen MR) is 46.3 cm³/mol. The Morgan fingerprint density at radius 3 is 2.83 bits per heavy atom. The zero-order chi connectivity index (χ0) is 9.14. The van der Waals surface area contributed by atoms with Gasteiger partial charge in [-0.05, 0) is 17.5 Å². The van der Waals surface area contributed by atoms with Gasteiger partial charge in [-0.25, -0.2) is 0 Å². The Morgan fingerprint density at radius 2 is 2.33 bits per heavy atom. The lowest BCUT2D eigenvalue weighted by Gasteiger charge is -2.04. The molecule has 1 rings (SSSR count). The van der Waals surface area contributed by atoms with Crippen molar-refractivity contribution in [1.29, 1.82) is 0 Å². The summed E-state index contributed by atoms with van der Waals surface area (Å²) in [6, 6.07) is 1.87. The van der Waals surface area contributed by atoms with Gasteiger partial charge in [0.05, 0.1) is 5.69 Å². The number of nitrogens with one attached hydrogen (secondary N) is 1. The molecule has 66 valence electrons. The van der Waals surface area contributed by atoms with Gasteiger partial charge in [-0.2, -0.15) is 0 Å². The molecule has 2 N–H and O–H groups in total. The molecule has 0 aliphatic carbocycles. The monoisotopic (exact) mass is 167 g/mol. The van der Waals surface area contributed by atoms with Crippen molar-refractivity contribution in [1.82, 2.24) is 4.98 Å². The number of aliphatic hydroxyl groups excluding tert-OH is 1. The Labute approximate surface area is 71.4 Å². The van der Waals surface area contributed by atoms with Gasteiger partial charge in [0.2, 0.25) is 5.78 Å². The highest BCUT2D eigenvalue weighted by Gasteiger charge is 2.13. The number of H-pyrrole nitrogens is 1. The van der Waals surface area contributed by atoms with Gasteiger partial charge in [-0.1, -0.05) is 13.8 Å². The number of Topliss-reactive ketones (excluding diaryl/α,β-unsaturated/α-hetero) is 1. The van der Waals surface area contributed by atoms with Crippen LogP contribution >= 0.6 is 0 Å². The van der Waals surface area contributed by atoms with E-state index in [0.717, 1.165) is 5.56 Å². The zero-order valence-corrected chi connectivity index (χ0v) is 7.29. The quantitative estimate of drug-likeness (QED) is 0.667. The minimum Gasteiger partial charge on any atom is -0.388 e. The van der Waals surface area contributed by atoms with Gasteiger partial charge in [0.15, 0.2) is 0 Å². The van der Waals surface area contributed by atoms with E-state index in [2.05, 4.69) is 4.98 Å². The first-order chi connectivity index (χ1) is 5.66. The van der Waals surface area contributed by atoms with Crippen molar-refractivity contribution in [3.63, 3.8) is 0 Å². The Balaban J connectivity index is 2.99.